The Balaban J connectivity index is 2.20. The highest BCUT2D eigenvalue weighted by atomic mass is 79.9. The molecule has 1 aromatic heterocycles. The van der Waals surface area contributed by atoms with Gasteiger partial charge in [-0.05, 0) is 31.2 Å². The fourth-order valence-corrected chi connectivity index (χ4v) is 2.62. The van der Waals surface area contributed by atoms with E-state index in [0.717, 1.165) is 21.7 Å². The Hall–Kier alpha value is -0.870. The number of nitrogens with zero attached hydrogens (tertiary/aromatic N) is 1. The second-order valence-electron chi connectivity index (χ2n) is 3.22. The van der Waals surface area contributed by atoms with Crippen LogP contribution in [0.5, 0.6) is 5.75 Å². The Morgan fingerprint density at radius 3 is 2.62 bits per heavy atom. The largest absolute Gasteiger partial charge is 0.494 e. The van der Waals surface area contributed by atoms with Gasteiger partial charge in [-0.25, -0.2) is 4.98 Å². The van der Waals surface area contributed by atoms with Crippen molar-refractivity contribution in [3.63, 3.8) is 0 Å². The van der Waals surface area contributed by atoms with Crippen LogP contribution in [0.3, 0.4) is 0 Å². The topological polar surface area (TPSA) is 22.1 Å². The van der Waals surface area contributed by atoms with Crippen molar-refractivity contribution in [2.75, 3.05) is 6.61 Å². The van der Waals surface area contributed by atoms with Gasteiger partial charge in [0.15, 0.2) is 0 Å². The number of halogens is 1. The summed E-state index contributed by atoms with van der Waals surface area (Å²) in [6.07, 6.45) is 1.91. The van der Waals surface area contributed by atoms with Crippen molar-refractivity contribution in [3.05, 3.63) is 35.3 Å². The van der Waals surface area contributed by atoms with Crippen LogP contribution in [0, 0.1) is 0 Å². The van der Waals surface area contributed by atoms with Gasteiger partial charge in [-0.1, -0.05) is 15.9 Å². The van der Waals surface area contributed by atoms with E-state index in [4.69, 9.17) is 4.74 Å². The van der Waals surface area contributed by atoms with Crippen molar-refractivity contribution >= 4 is 27.3 Å². The molecule has 0 saturated carbocycles. The van der Waals surface area contributed by atoms with Gasteiger partial charge >= 0.3 is 0 Å². The molecule has 0 aliphatic heterocycles. The first-order valence-electron chi connectivity index (χ1n) is 5.07. The number of hydrogen-bond donors (Lipinski definition) is 0. The maximum absolute atomic E-state index is 5.40. The Bertz CT molecular complexity index is 452. The highest BCUT2D eigenvalue weighted by molar-refractivity contribution is 9.08. The van der Waals surface area contributed by atoms with Crippen molar-refractivity contribution in [1.29, 1.82) is 0 Å². The van der Waals surface area contributed by atoms with E-state index in [0.29, 0.717) is 6.61 Å². The summed E-state index contributed by atoms with van der Waals surface area (Å²) in [5.74, 6) is 0.906. The monoisotopic (exact) mass is 297 g/mol. The van der Waals surface area contributed by atoms with Gasteiger partial charge < -0.3 is 4.74 Å². The van der Waals surface area contributed by atoms with Crippen LogP contribution >= 0.6 is 27.3 Å². The average Bonchev–Trinajstić information content (AvgIpc) is 2.79. The standard InChI is InChI=1S/C12H12BrNOS/c1-2-15-10-5-3-9(4-6-10)12-14-8-11(7-13)16-12/h3-6,8H,2,7H2,1H3. The van der Waals surface area contributed by atoms with Crippen molar-refractivity contribution in [1.82, 2.24) is 4.98 Å². The molecule has 2 rings (SSSR count). The van der Waals surface area contributed by atoms with E-state index in [1.807, 2.05) is 37.4 Å². The molecule has 0 unspecified atom stereocenters. The molecule has 0 aliphatic rings. The lowest BCUT2D eigenvalue weighted by Gasteiger charge is -2.02. The van der Waals surface area contributed by atoms with Gasteiger partial charge in [0.05, 0.1) is 6.61 Å². The van der Waals surface area contributed by atoms with Gasteiger partial charge in [0, 0.05) is 22.0 Å². The number of ether oxygens (including phenoxy) is 1. The molecular formula is C12H12BrNOS. The Morgan fingerprint density at radius 1 is 1.31 bits per heavy atom. The molecule has 0 N–H and O–H groups in total. The maximum Gasteiger partial charge on any atom is 0.123 e. The number of rotatable bonds is 4. The molecule has 1 heterocycles. The summed E-state index contributed by atoms with van der Waals surface area (Å²) in [7, 11) is 0. The van der Waals surface area contributed by atoms with Crippen LogP contribution < -0.4 is 4.74 Å². The molecule has 0 spiro atoms. The zero-order chi connectivity index (χ0) is 11.4. The van der Waals surface area contributed by atoms with Crippen LogP contribution in [0.2, 0.25) is 0 Å². The van der Waals surface area contributed by atoms with Gasteiger partial charge in [-0.3, -0.25) is 0 Å². The fourth-order valence-electron chi connectivity index (χ4n) is 1.36. The van der Waals surface area contributed by atoms with Crippen LogP contribution in [0.25, 0.3) is 10.6 Å². The minimum atomic E-state index is 0.699. The van der Waals surface area contributed by atoms with Crippen molar-refractivity contribution in [2.24, 2.45) is 0 Å². The van der Waals surface area contributed by atoms with Crippen LogP contribution in [0.4, 0.5) is 0 Å². The summed E-state index contributed by atoms with van der Waals surface area (Å²) < 4.78 is 5.40. The third-order valence-electron chi connectivity index (χ3n) is 2.10. The average molecular weight is 298 g/mol. The first-order chi connectivity index (χ1) is 7.83. The second-order valence-corrected chi connectivity index (χ2v) is 4.90. The molecule has 0 radical (unpaired) electrons. The van der Waals surface area contributed by atoms with Gasteiger partial charge in [0.25, 0.3) is 0 Å². The molecule has 4 heteroatoms. The second kappa shape index (κ2) is 5.46. The molecule has 1 aromatic carbocycles. The number of thiazole rings is 1. The first-order valence-corrected chi connectivity index (χ1v) is 7.01. The van der Waals surface area contributed by atoms with Gasteiger partial charge in [0.1, 0.15) is 10.8 Å². The molecule has 0 saturated heterocycles. The van der Waals surface area contributed by atoms with Gasteiger partial charge in [-0.15, -0.1) is 11.3 Å². The molecule has 16 heavy (non-hydrogen) atoms. The van der Waals surface area contributed by atoms with Crippen molar-refractivity contribution in [2.45, 2.75) is 12.3 Å². The normalized spacial score (nSPS) is 10.4. The van der Waals surface area contributed by atoms with E-state index in [9.17, 15) is 0 Å². The van der Waals surface area contributed by atoms with Crippen LogP contribution in [-0.4, -0.2) is 11.6 Å². The summed E-state index contributed by atoms with van der Waals surface area (Å²) in [5, 5.41) is 1.92. The highest BCUT2D eigenvalue weighted by Gasteiger charge is 2.03. The van der Waals surface area contributed by atoms with Crippen molar-refractivity contribution in [3.8, 4) is 16.3 Å². The molecule has 0 atom stereocenters. The molecule has 0 amide bonds. The fraction of sp³-hybridized carbons (Fsp3) is 0.250. The summed E-state index contributed by atoms with van der Waals surface area (Å²) in [4.78, 5) is 5.62. The third kappa shape index (κ3) is 2.62. The lowest BCUT2D eigenvalue weighted by atomic mass is 10.2. The van der Waals surface area contributed by atoms with E-state index in [1.165, 1.54) is 4.88 Å². The summed E-state index contributed by atoms with van der Waals surface area (Å²) in [6, 6.07) is 8.05. The van der Waals surface area contributed by atoms with Crippen LogP contribution in [0.15, 0.2) is 30.5 Å². The Labute approximate surface area is 107 Å². The van der Waals surface area contributed by atoms with E-state index in [2.05, 4.69) is 20.9 Å². The predicted molar refractivity (Wildman–Crippen MR) is 71.4 cm³/mol. The summed E-state index contributed by atoms with van der Waals surface area (Å²) >= 11 is 5.13. The van der Waals surface area contributed by atoms with E-state index in [-0.39, 0.29) is 0 Å². The zero-order valence-electron chi connectivity index (χ0n) is 8.94. The highest BCUT2D eigenvalue weighted by Crippen LogP contribution is 2.27. The minimum absolute atomic E-state index is 0.699. The minimum Gasteiger partial charge on any atom is -0.494 e. The summed E-state index contributed by atoms with van der Waals surface area (Å²) in [5.41, 5.74) is 1.14. The molecule has 84 valence electrons. The number of alkyl halides is 1. The smallest absolute Gasteiger partial charge is 0.123 e. The summed E-state index contributed by atoms with van der Waals surface area (Å²) in [6.45, 7) is 2.68. The van der Waals surface area contributed by atoms with Crippen LogP contribution in [0.1, 0.15) is 11.8 Å². The van der Waals surface area contributed by atoms with Gasteiger partial charge in [-0.2, -0.15) is 0 Å². The van der Waals surface area contributed by atoms with Crippen LogP contribution in [-0.2, 0) is 5.33 Å². The van der Waals surface area contributed by atoms with E-state index < -0.39 is 0 Å². The SMILES string of the molecule is CCOc1ccc(-c2ncc(CBr)s2)cc1. The molecule has 0 bridgehead atoms. The number of benzene rings is 1. The maximum atomic E-state index is 5.40. The lowest BCUT2D eigenvalue weighted by Crippen LogP contribution is -1.90. The predicted octanol–water partition coefficient (Wildman–Crippen LogP) is 4.10. The molecule has 0 fully saturated rings. The lowest BCUT2D eigenvalue weighted by molar-refractivity contribution is 0.340. The quantitative estimate of drug-likeness (QED) is 0.793. The third-order valence-corrected chi connectivity index (χ3v) is 4.12. The molecule has 2 aromatic rings. The molecule has 0 aliphatic carbocycles. The van der Waals surface area contributed by atoms with Crippen molar-refractivity contribution < 1.29 is 4.74 Å². The van der Waals surface area contributed by atoms with Gasteiger partial charge in [0.2, 0.25) is 0 Å². The Morgan fingerprint density at radius 2 is 2.06 bits per heavy atom. The zero-order valence-corrected chi connectivity index (χ0v) is 11.3. The van der Waals surface area contributed by atoms with E-state index >= 15 is 0 Å². The van der Waals surface area contributed by atoms with E-state index in [1.54, 1.807) is 11.3 Å². The number of aromatic nitrogens is 1. The molecule has 2 nitrogen and oxygen atoms in total. The Kier molecular flexibility index (Phi) is 3.96. The first kappa shape index (κ1) is 11.6. The molecular weight excluding hydrogens is 286 g/mol. The number of hydrogen-bond acceptors (Lipinski definition) is 3.